The van der Waals surface area contributed by atoms with Crippen molar-refractivity contribution < 1.29 is 27.8 Å². The predicted molar refractivity (Wildman–Crippen MR) is 101 cm³/mol. The highest BCUT2D eigenvalue weighted by Gasteiger charge is 2.51. The molecule has 29 heavy (non-hydrogen) atoms. The van der Waals surface area contributed by atoms with Gasteiger partial charge in [0.2, 0.25) is 0 Å². The molecule has 0 heterocycles. The van der Waals surface area contributed by atoms with Crippen molar-refractivity contribution in [3.63, 3.8) is 0 Å². The zero-order valence-corrected chi connectivity index (χ0v) is 16.3. The maximum atomic E-state index is 12.6. The molecule has 1 N–H and O–H groups in total. The summed E-state index contributed by atoms with van der Waals surface area (Å²) < 4.78 is 33.9. The molecule has 0 spiro atoms. The van der Waals surface area contributed by atoms with E-state index in [1.165, 1.54) is 18.6 Å². The van der Waals surface area contributed by atoms with Crippen molar-refractivity contribution in [3.8, 4) is 5.75 Å². The minimum Gasteiger partial charge on any atom is -0.455 e. The van der Waals surface area contributed by atoms with Crippen LogP contribution >= 0.6 is 0 Å². The van der Waals surface area contributed by atoms with Crippen LogP contribution in [-0.2, 0) is 20.7 Å². The third kappa shape index (κ3) is 4.87. The standard InChI is InChI=1S/C22H27F2NO4/c23-22(24)29-18-3-1-13(2-4-18)5-6-25-19(26)12-28-21(27)20-16-8-14-7-15(10-16)11-17(20)9-14/h1-4,14-17,20,22H,5-12H2,(H,25,26). The molecule has 0 aromatic heterocycles. The van der Waals surface area contributed by atoms with Gasteiger partial charge in [0.05, 0.1) is 5.92 Å². The van der Waals surface area contributed by atoms with Crippen LogP contribution in [0.3, 0.4) is 0 Å². The van der Waals surface area contributed by atoms with E-state index in [-0.39, 0.29) is 30.2 Å². The number of benzene rings is 1. The second kappa shape index (κ2) is 8.67. The molecule has 1 amide bonds. The van der Waals surface area contributed by atoms with Crippen LogP contribution in [0.4, 0.5) is 8.78 Å². The Morgan fingerprint density at radius 3 is 2.21 bits per heavy atom. The highest BCUT2D eigenvalue weighted by atomic mass is 19.3. The summed E-state index contributed by atoms with van der Waals surface area (Å²) in [4.78, 5) is 24.6. The van der Waals surface area contributed by atoms with Crippen molar-refractivity contribution in [1.82, 2.24) is 5.32 Å². The van der Waals surface area contributed by atoms with Crippen LogP contribution in [-0.4, -0.2) is 31.6 Å². The largest absolute Gasteiger partial charge is 0.455 e. The van der Waals surface area contributed by atoms with Crippen LogP contribution in [0.25, 0.3) is 0 Å². The summed E-state index contributed by atoms with van der Waals surface area (Å²) in [6, 6.07) is 6.29. The van der Waals surface area contributed by atoms with Crippen molar-refractivity contribution in [2.24, 2.45) is 29.6 Å². The van der Waals surface area contributed by atoms with Gasteiger partial charge in [0, 0.05) is 6.54 Å². The quantitative estimate of drug-likeness (QED) is 0.670. The first-order chi connectivity index (χ1) is 14.0. The summed E-state index contributed by atoms with van der Waals surface area (Å²) in [6.07, 6.45) is 6.43. The van der Waals surface area contributed by atoms with Crippen LogP contribution in [0.1, 0.15) is 37.7 Å². The molecule has 4 bridgehead atoms. The van der Waals surface area contributed by atoms with Gasteiger partial charge < -0.3 is 14.8 Å². The van der Waals surface area contributed by atoms with Gasteiger partial charge in [-0.3, -0.25) is 9.59 Å². The van der Waals surface area contributed by atoms with Crippen LogP contribution in [0.5, 0.6) is 5.75 Å². The van der Waals surface area contributed by atoms with Gasteiger partial charge in [0.1, 0.15) is 5.75 Å². The summed E-state index contributed by atoms with van der Waals surface area (Å²) in [5.41, 5.74) is 0.887. The monoisotopic (exact) mass is 407 g/mol. The normalized spacial score (nSPS) is 29.7. The van der Waals surface area contributed by atoms with E-state index in [1.807, 2.05) is 0 Å². The molecule has 4 fully saturated rings. The van der Waals surface area contributed by atoms with Gasteiger partial charge in [0.25, 0.3) is 5.91 Å². The summed E-state index contributed by atoms with van der Waals surface area (Å²) in [6.45, 7) is -2.71. The molecule has 1 aromatic rings. The molecule has 0 atom stereocenters. The number of ether oxygens (including phenoxy) is 2. The smallest absolute Gasteiger partial charge is 0.387 e. The summed E-state index contributed by atoms with van der Waals surface area (Å²) in [5.74, 6) is 2.02. The van der Waals surface area contributed by atoms with Crippen LogP contribution in [0.2, 0.25) is 0 Å². The van der Waals surface area contributed by atoms with Crippen molar-refractivity contribution in [3.05, 3.63) is 29.8 Å². The fraction of sp³-hybridized carbons (Fsp3) is 0.636. The summed E-state index contributed by atoms with van der Waals surface area (Å²) in [7, 11) is 0. The fourth-order valence-corrected chi connectivity index (χ4v) is 5.78. The lowest BCUT2D eigenvalue weighted by molar-refractivity contribution is -0.164. The first-order valence-electron chi connectivity index (χ1n) is 10.4. The number of carbonyl (C=O) groups excluding carboxylic acids is 2. The van der Waals surface area contributed by atoms with Crippen LogP contribution < -0.4 is 10.1 Å². The zero-order valence-electron chi connectivity index (χ0n) is 16.3. The second-order valence-corrected chi connectivity index (χ2v) is 8.69. The summed E-state index contributed by atoms with van der Waals surface area (Å²) in [5, 5.41) is 2.73. The van der Waals surface area contributed by atoms with E-state index in [2.05, 4.69) is 10.1 Å². The third-order valence-corrected chi connectivity index (χ3v) is 6.73. The number of alkyl halides is 2. The Kier molecular flexibility index (Phi) is 6.01. The maximum Gasteiger partial charge on any atom is 0.387 e. The Balaban J connectivity index is 1.16. The Labute approximate surface area is 169 Å². The minimum atomic E-state index is -2.85. The lowest BCUT2D eigenvalue weighted by Gasteiger charge is -2.53. The van der Waals surface area contributed by atoms with Gasteiger partial charge in [-0.05, 0) is 79.9 Å². The molecule has 158 valence electrons. The average molecular weight is 407 g/mol. The number of hydrogen-bond donors (Lipinski definition) is 1. The molecule has 5 nitrogen and oxygen atoms in total. The van der Waals surface area contributed by atoms with E-state index in [0.717, 1.165) is 43.1 Å². The molecular formula is C22H27F2NO4. The molecule has 7 heteroatoms. The van der Waals surface area contributed by atoms with Crippen LogP contribution in [0, 0.1) is 29.6 Å². The minimum absolute atomic E-state index is 0.0235. The molecule has 0 saturated heterocycles. The van der Waals surface area contributed by atoms with Crippen LogP contribution in [0.15, 0.2) is 24.3 Å². The summed E-state index contributed by atoms with van der Waals surface area (Å²) >= 11 is 0. The van der Waals surface area contributed by atoms with E-state index < -0.39 is 6.61 Å². The lowest BCUT2D eigenvalue weighted by Crippen LogP contribution is -2.48. The van der Waals surface area contributed by atoms with Gasteiger partial charge in [-0.25, -0.2) is 0 Å². The average Bonchev–Trinajstić information content (AvgIpc) is 2.66. The molecule has 5 rings (SSSR count). The van der Waals surface area contributed by atoms with E-state index in [0.29, 0.717) is 24.8 Å². The molecule has 0 radical (unpaired) electrons. The van der Waals surface area contributed by atoms with Crippen molar-refractivity contribution in [2.75, 3.05) is 13.2 Å². The Hall–Kier alpha value is -2.18. The predicted octanol–water partition coefficient (Wildman–Crippen LogP) is 3.56. The van der Waals surface area contributed by atoms with Gasteiger partial charge in [-0.2, -0.15) is 8.78 Å². The Morgan fingerprint density at radius 1 is 1.00 bits per heavy atom. The molecule has 4 saturated carbocycles. The first kappa shape index (κ1) is 20.1. The van der Waals surface area contributed by atoms with Gasteiger partial charge in [-0.1, -0.05) is 12.1 Å². The first-order valence-corrected chi connectivity index (χ1v) is 10.4. The van der Waals surface area contributed by atoms with Gasteiger partial charge in [0.15, 0.2) is 6.61 Å². The van der Waals surface area contributed by atoms with Gasteiger partial charge >= 0.3 is 12.6 Å². The highest BCUT2D eigenvalue weighted by molar-refractivity contribution is 5.81. The molecule has 0 aliphatic heterocycles. The Bertz CT molecular complexity index is 709. The fourth-order valence-electron chi connectivity index (χ4n) is 5.78. The third-order valence-electron chi connectivity index (χ3n) is 6.73. The topological polar surface area (TPSA) is 64.6 Å². The van der Waals surface area contributed by atoms with Crippen molar-refractivity contribution in [2.45, 2.75) is 45.1 Å². The lowest BCUT2D eigenvalue weighted by atomic mass is 9.52. The molecular weight excluding hydrogens is 380 g/mol. The number of esters is 1. The zero-order chi connectivity index (χ0) is 20.4. The van der Waals surface area contributed by atoms with E-state index in [9.17, 15) is 18.4 Å². The number of hydrogen-bond acceptors (Lipinski definition) is 4. The number of nitrogens with one attached hydrogen (secondary N) is 1. The van der Waals surface area contributed by atoms with Crippen molar-refractivity contribution in [1.29, 1.82) is 0 Å². The number of carbonyl (C=O) groups is 2. The molecule has 0 unspecified atom stereocenters. The second-order valence-electron chi connectivity index (χ2n) is 8.69. The molecule has 4 aliphatic carbocycles. The van der Waals surface area contributed by atoms with Crippen molar-refractivity contribution >= 4 is 11.9 Å². The van der Waals surface area contributed by atoms with E-state index in [1.54, 1.807) is 12.1 Å². The van der Waals surface area contributed by atoms with E-state index >= 15 is 0 Å². The van der Waals surface area contributed by atoms with Gasteiger partial charge in [-0.15, -0.1) is 0 Å². The number of halogens is 2. The van der Waals surface area contributed by atoms with E-state index in [4.69, 9.17) is 4.74 Å². The molecule has 1 aromatic carbocycles. The maximum absolute atomic E-state index is 12.6. The molecule has 4 aliphatic rings. The Morgan fingerprint density at radius 2 is 1.62 bits per heavy atom. The highest BCUT2D eigenvalue weighted by Crippen LogP contribution is 2.56. The SMILES string of the molecule is O=C(COC(=O)C1C2CC3CC(C2)CC1C3)NCCc1ccc(OC(F)F)cc1. The number of amides is 1. The number of rotatable bonds is 8.